The number of benzene rings is 1. The van der Waals surface area contributed by atoms with Gasteiger partial charge in [0.05, 0.1) is 17.5 Å². The molecule has 0 radical (unpaired) electrons. The van der Waals surface area contributed by atoms with Crippen molar-refractivity contribution < 1.29 is 14.3 Å². The standard InChI is InChI=1S/C24H28N6O4/c1-15-20-9-10-21(32)30(22(20)29-24(28-15)26-12-11-25-16(2)31)18-7-5-17(6-8-18)23(33)27-14-19-4-3-13-34-19/h5-10,19H,3-4,11-14H2,1-2H3,(H,25,31)(H,27,33)(H,26,28,29). The minimum atomic E-state index is -0.245. The summed E-state index contributed by atoms with van der Waals surface area (Å²) in [6, 6.07) is 10.0. The van der Waals surface area contributed by atoms with Crippen LogP contribution in [0.5, 0.6) is 0 Å². The first-order chi connectivity index (χ1) is 16.4. The number of rotatable bonds is 8. The van der Waals surface area contributed by atoms with Gasteiger partial charge in [0.25, 0.3) is 11.5 Å². The van der Waals surface area contributed by atoms with Crippen molar-refractivity contribution in [3.8, 4) is 5.69 Å². The fourth-order valence-electron chi connectivity index (χ4n) is 3.88. The van der Waals surface area contributed by atoms with E-state index in [-0.39, 0.29) is 23.5 Å². The van der Waals surface area contributed by atoms with E-state index in [2.05, 4.69) is 25.9 Å². The van der Waals surface area contributed by atoms with E-state index in [1.165, 1.54) is 17.6 Å². The quantitative estimate of drug-likeness (QED) is 0.432. The molecule has 1 saturated heterocycles. The third kappa shape index (κ3) is 5.40. The van der Waals surface area contributed by atoms with Gasteiger partial charge in [-0.1, -0.05) is 0 Å². The summed E-state index contributed by atoms with van der Waals surface area (Å²) in [7, 11) is 0. The first-order valence-electron chi connectivity index (χ1n) is 11.3. The summed E-state index contributed by atoms with van der Waals surface area (Å²) in [5.74, 6) is 0.0613. The number of anilines is 1. The molecule has 1 aromatic carbocycles. The Morgan fingerprint density at radius 1 is 1.09 bits per heavy atom. The van der Waals surface area contributed by atoms with Gasteiger partial charge in [-0.3, -0.25) is 19.0 Å². The first kappa shape index (κ1) is 23.4. The molecule has 2 aromatic heterocycles. The molecule has 10 heteroatoms. The number of nitrogens with zero attached hydrogens (tertiary/aromatic N) is 3. The van der Waals surface area contributed by atoms with Crippen LogP contribution < -0.4 is 21.5 Å². The number of hydrogen-bond acceptors (Lipinski definition) is 7. The Labute approximate surface area is 196 Å². The van der Waals surface area contributed by atoms with Crippen LogP contribution >= 0.6 is 0 Å². The molecule has 3 aromatic rings. The average Bonchev–Trinajstić information content (AvgIpc) is 3.34. The Morgan fingerprint density at radius 2 is 1.88 bits per heavy atom. The molecule has 1 aliphatic heterocycles. The number of nitrogens with one attached hydrogen (secondary N) is 3. The van der Waals surface area contributed by atoms with E-state index in [1.54, 1.807) is 30.3 Å². The number of carbonyl (C=O) groups is 2. The average molecular weight is 465 g/mol. The van der Waals surface area contributed by atoms with Crippen molar-refractivity contribution in [2.75, 3.05) is 31.6 Å². The number of aromatic nitrogens is 3. The van der Waals surface area contributed by atoms with Crippen molar-refractivity contribution >= 4 is 28.8 Å². The van der Waals surface area contributed by atoms with E-state index < -0.39 is 0 Å². The third-order valence-electron chi connectivity index (χ3n) is 5.62. The van der Waals surface area contributed by atoms with Gasteiger partial charge < -0.3 is 20.7 Å². The number of hydrogen-bond donors (Lipinski definition) is 3. The summed E-state index contributed by atoms with van der Waals surface area (Å²) < 4.78 is 7.04. The van der Waals surface area contributed by atoms with E-state index in [0.29, 0.717) is 48.2 Å². The van der Waals surface area contributed by atoms with Gasteiger partial charge in [0.2, 0.25) is 11.9 Å². The second kappa shape index (κ2) is 10.4. The van der Waals surface area contributed by atoms with Crippen LogP contribution in [0, 0.1) is 6.92 Å². The Bertz CT molecular complexity index is 1250. The summed E-state index contributed by atoms with van der Waals surface area (Å²) in [5.41, 5.74) is 2.02. The maximum Gasteiger partial charge on any atom is 0.256 e. The van der Waals surface area contributed by atoms with E-state index >= 15 is 0 Å². The van der Waals surface area contributed by atoms with Crippen LogP contribution in [0.1, 0.15) is 35.8 Å². The zero-order chi connectivity index (χ0) is 24.1. The maximum atomic E-state index is 12.8. The molecular formula is C24H28N6O4. The number of pyridine rings is 1. The SMILES string of the molecule is CC(=O)NCCNc1nc(C)c2ccc(=O)n(-c3ccc(C(=O)NCC4CCCO4)cc3)c2n1. The van der Waals surface area contributed by atoms with Gasteiger partial charge in [-0.05, 0) is 50.1 Å². The third-order valence-corrected chi connectivity index (χ3v) is 5.62. The molecule has 34 heavy (non-hydrogen) atoms. The predicted octanol–water partition coefficient (Wildman–Crippen LogP) is 1.55. The van der Waals surface area contributed by atoms with Gasteiger partial charge in [-0.25, -0.2) is 4.98 Å². The van der Waals surface area contributed by atoms with E-state index in [0.717, 1.165) is 24.8 Å². The van der Waals surface area contributed by atoms with Crippen LogP contribution in [0.25, 0.3) is 16.7 Å². The van der Waals surface area contributed by atoms with Gasteiger partial charge in [-0.15, -0.1) is 0 Å². The van der Waals surface area contributed by atoms with Gasteiger partial charge in [0.15, 0.2) is 5.65 Å². The Balaban J connectivity index is 1.57. The summed E-state index contributed by atoms with van der Waals surface area (Å²) in [6.07, 6.45) is 2.04. The fraction of sp³-hybridized carbons (Fsp3) is 0.375. The fourth-order valence-corrected chi connectivity index (χ4v) is 3.88. The second-order valence-electron chi connectivity index (χ2n) is 8.18. The smallest absolute Gasteiger partial charge is 0.256 e. The Kier molecular flexibility index (Phi) is 7.17. The maximum absolute atomic E-state index is 12.8. The van der Waals surface area contributed by atoms with Gasteiger partial charge >= 0.3 is 0 Å². The summed E-state index contributed by atoms with van der Waals surface area (Å²) in [5, 5.41) is 9.42. The zero-order valence-electron chi connectivity index (χ0n) is 19.3. The molecule has 10 nitrogen and oxygen atoms in total. The first-order valence-corrected chi connectivity index (χ1v) is 11.3. The van der Waals surface area contributed by atoms with Crippen LogP contribution in [-0.4, -0.2) is 58.7 Å². The van der Waals surface area contributed by atoms with Crippen LogP contribution in [0.2, 0.25) is 0 Å². The molecule has 3 heterocycles. The van der Waals surface area contributed by atoms with Crippen molar-refractivity contribution in [1.82, 2.24) is 25.2 Å². The van der Waals surface area contributed by atoms with Crippen LogP contribution in [0.3, 0.4) is 0 Å². The van der Waals surface area contributed by atoms with Crippen molar-refractivity contribution in [3.05, 3.63) is 58.0 Å². The topological polar surface area (TPSA) is 127 Å². The zero-order valence-corrected chi connectivity index (χ0v) is 19.3. The second-order valence-corrected chi connectivity index (χ2v) is 8.18. The normalized spacial score (nSPS) is 15.3. The Hall–Kier alpha value is -3.79. The lowest BCUT2D eigenvalue weighted by molar-refractivity contribution is -0.118. The minimum absolute atomic E-state index is 0.0708. The molecular weight excluding hydrogens is 436 g/mol. The molecule has 178 valence electrons. The highest BCUT2D eigenvalue weighted by Gasteiger charge is 2.17. The summed E-state index contributed by atoms with van der Waals surface area (Å²) in [6.45, 7) is 5.39. The van der Waals surface area contributed by atoms with Crippen molar-refractivity contribution in [2.24, 2.45) is 0 Å². The van der Waals surface area contributed by atoms with Gasteiger partial charge in [0, 0.05) is 50.2 Å². The molecule has 0 aliphatic carbocycles. The number of aryl methyl sites for hydroxylation is 1. The summed E-state index contributed by atoms with van der Waals surface area (Å²) >= 11 is 0. The molecule has 1 unspecified atom stereocenters. The number of fused-ring (bicyclic) bond motifs is 1. The Morgan fingerprint density at radius 3 is 2.59 bits per heavy atom. The molecule has 1 aliphatic rings. The molecule has 0 bridgehead atoms. The van der Waals surface area contributed by atoms with Crippen molar-refractivity contribution in [2.45, 2.75) is 32.8 Å². The highest BCUT2D eigenvalue weighted by atomic mass is 16.5. The van der Waals surface area contributed by atoms with E-state index in [4.69, 9.17) is 4.74 Å². The largest absolute Gasteiger partial charge is 0.376 e. The predicted molar refractivity (Wildman–Crippen MR) is 128 cm³/mol. The van der Waals surface area contributed by atoms with Gasteiger partial charge in [-0.2, -0.15) is 4.98 Å². The number of ether oxygens (including phenoxy) is 1. The minimum Gasteiger partial charge on any atom is -0.376 e. The van der Waals surface area contributed by atoms with Crippen molar-refractivity contribution in [1.29, 1.82) is 0 Å². The van der Waals surface area contributed by atoms with Crippen LogP contribution in [-0.2, 0) is 9.53 Å². The monoisotopic (exact) mass is 464 g/mol. The number of carbonyl (C=O) groups excluding carboxylic acids is 2. The van der Waals surface area contributed by atoms with E-state index in [1.807, 2.05) is 6.92 Å². The van der Waals surface area contributed by atoms with Crippen molar-refractivity contribution in [3.63, 3.8) is 0 Å². The molecule has 3 N–H and O–H groups in total. The highest BCUT2D eigenvalue weighted by Crippen LogP contribution is 2.19. The number of amides is 2. The lowest BCUT2D eigenvalue weighted by Crippen LogP contribution is -2.31. The lowest BCUT2D eigenvalue weighted by atomic mass is 10.1. The van der Waals surface area contributed by atoms with Crippen LogP contribution in [0.15, 0.2) is 41.2 Å². The molecule has 0 saturated carbocycles. The molecule has 1 atom stereocenters. The van der Waals surface area contributed by atoms with E-state index in [9.17, 15) is 14.4 Å². The van der Waals surface area contributed by atoms with Gasteiger partial charge in [0.1, 0.15) is 0 Å². The molecule has 1 fully saturated rings. The molecule has 2 amide bonds. The summed E-state index contributed by atoms with van der Waals surface area (Å²) in [4.78, 5) is 45.4. The van der Waals surface area contributed by atoms with Crippen LogP contribution in [0.4, 0.5) is 5.95 Å². The highest BCUT2D eigenvalue weighted by molar-refractivity contribution is 5.94. The molecule has 4 rings (SSSR count). The molecule has 0 spiro atoms. The lowest BCUT2D eigenvalue weighted by Gasteiger charge is -2.14.